The molecule has 4 nitrogen and oxygen atoms in total. The molecule has 1 aliphatic rings. The number of hydrogen-bond acceptors (Lipinski definition) is 3. The molecule has 3 N–H and O–H groups in total. The normalized spacial score (nSPS) is 19.9. The van der Waals surface area contributed by atoms with Crippen molar-refractivity contribution in [3.63, 3.8) is 0 Å². The van der Waals surface area contributed by atoms with Crippen molar-refractivity contribution >= 4 is 28.5 Å². The molecule has 17 heavy (non-hydrogen) atoms. The maximum atomic E-state index is 12.0. The van der Waals surface area contributed by atoms with Gasteiger partial charge in [-0.25, -0.2) is 0 Å². The molecule has 1 saturated heterocycles. The summed E-state index contributed by atoms with van der Waals surface area (Å²) >= 11 is 2.12. The van der Waals surface area contributed by atoms with Gasteiger partial charge in [0.05, 0.1) is 5.56 Å². The summed E-state index contributed by atoms with van der Waals surface area (Å²) in [5, 5.41) is 15.8. The molecule has 0 radical (unpaired) electrons. The molecule has 1 atom stereocenters. The van der Waals surface area contributed by atoms with Crippen LogP contribution in [0.5, 0.6) is 5.75 Å². The minimum atomic E-state index is -0.199. The van der Waals surface area contributed by atoms with E-state index in [0.717, 1.165) is 29.5 Å². The van der Waals surface area contributed by atoms with E-state index in [-0.39, 0.29) is 17.7 Å². The van der Waals surface area contributed by atoms with Crippen LogP contribution in [-0.4, -0.2) is 30.1 Å². The second-order valence-electron chi connectivity index (χ2n) is 4.18. The zero-order chi connectivity index (χ0) is 12.3. The molecule has 0 bridgehead atoms. The zero-order valence-electron chi connectivity index (χ0n) is 9.37. The number of carbonyl (C=O) groups is 1. The van der Waals surface area contributed by atoms with Crippen LogP contribution in [0, 0.1) is 3.57 Å². The van der Waals surface area contributed by atoms with Gasteiger partial charge in [-0.15, -0.1) is 0 Å². The van der Waals surface area contributed by atoms with Gasteiger partial charge >= 0.3 is 0 Å². The standard InChI is InChI=1S/C12H15IN2O2/c13-8-3-4-11(16)10(6-8)12(17)15-9-2-1-5-14-7-9/h3-4,6,9,14,16H,1-2,5,7H2,(H,15,17)/t9-/m1/s1. The first kappa shape index (κ1) is 12.6. The minimum Gasteiger partial charge on any atom is -0.507 e. The lowest BCUT2D eigenvalue weighted by atomic mass is 10.1. The number of halogens is 1. The van der Waals surface area contributed by atoms with Crippen LogP contribution >= 0.6 is 22.6 Å². The largest absolute Gasteiger partial charge is 0.507 e. The van der Waals surface area contributed by atoms with Gasteiger partial charge in [-0.05, 0) is 60.2 Å². The highest BCUT2D eigenvalue weighted by atomic mass is 127. The van der Waals surface area contributed by atoms with Crippen molar-refractivity contribution in [3.8, 4) is 5.75 Å². The summed E-state index contributed by atoms with van der Waals surface area (Å²) in [5.74, 6) is -0.165. The summed E-state index contributed by atoms with van der Waals surface area (Å²) in [6.45, 7) is 1.82. The van der Waals surface area contributed by atoms with E-state index >= 15 is 0 Å². The molecule has 0 unspecified atom stereocenters. The Morgan fingerprint density at radius 1 is 1.53 bits per heavy atom. The fourth-order valence-corrected chi connectivity index (χ4v) is 2.42. The van der Waals surface area contributed by atoms with Gasteiger partial charge in [-0.1, -0.05) is 0 Å². The van der Waals surface area contributed by atoms with Crippen molar-refractivity contribution < 1.29 is 9.90 Å². The summed E-state index contributed by atoms with van der Waals surface area (Å²) in [6.07, 6.45) is 2.06. The average molecular weight is 346 g/mol. The first-order chi connectivity index (χ1) is 8.16. The molecule has 0 spiro atoms. The lowest BCUT2D eigenvalue weighted by Crippen LogP contribution is -2.45. The summed E-state index contributed by atoms with van der Waals surface area (Å²) in [5.41, 5.74) is 0.350. The van der Waals surface area contributed by atoms with Crippen LogP contribution < -0.4 is 10.6 Å². The SMILES string of the molecule is O=C(N[C@@H]1CCCNC1)c1cc(I)ccc1O. The van der Waals surface area contributed by atoms with Crippen molar-refractivity contribution in [2.45, 2.75) is 18.9 Å². The van der Waals surface area contributed by atoms with Gasteiger partial charge in [-0.3, -0.25) is 4.79 Å². The van der Waals surface area contributed by atoms with Gasteiger partial charge in [0, 0.05) is 16.2 Å². The lowest BCUT2D eigenvalue weighted by Gasteiger charge is -2.23. The predicted octanol–water partition coefficient (Wildman–Crippen LogP) is 1.48. The highest BCUT2D eigenvalue weighted by molar-refractivity contribution is 14.1. The molecular weight excluding hydrogens is 331 g/mol. The third-order valence-electron chi connectivity index (χ3n) is 2.84. The Morgan fingerprint density at radius 3 is 3.06 bits per heavy atom. The van der Waals surface area contributed by atoms with Crippen LogP contribution in [0.15, 0.2) is 18.2 Å². The Hall–Kier alpha value is -0.820. The molecule has 0 aliphatic carbocycles. The Kier molecular flexibility index (Phi) is 4.22. The number of nitrogens with one attached hydrogen (secondary N) is 2. The number of phenolic OH excluding ortho intramolecular Hbond substituents is 1. The Balaban J connectivity index is 2.05. The number of phenols is 1. The van der Waals surface area contributed by atoms with Crippen LogP contribution in [0.2, 0.25) is 0 Å². The van der Waals surface area contributed by atoms with Gasteiger partial charge in [0.25, 0.3) is 5.91 Å². The molecular formula is C12H15IN2O2. The number of amides is 1. The van der Waals surface area contributed by atoms with Crippen molar-refractivity contribution in [1.29, 1.82) is 0 Å². The number of piperidine rings is 1. The van der Waals surface area contributed by atoms with Gasteiger partial charge in [0.2, 0.25) is 0 Å². The van der Waals surface area contributed by atoms with Crippen molar-refractivity contribution in [2.24, 2.45) is 0 Å². The zero-order valence-corrected chi connectivity index (χ0v) is 11.5. The molecule has 2 rings (SSSR count). The fraction of sp³-hybridized carbons (Fsp3) is 0.417. The lowest BCUT2D eigenvalue weighted by molar-refractivity contribution is 0.0928. The molecule has 92 valence electrons. The van der Waals surface area contributed by atoms with E-state index in [2.05, 4.69) is 33.2 Å². The van der Waals surface area contributed by atoms with Crippen molar-refractivity contribution in [2.75, 3.05) is 13.1 Å². The van der Waals surface area contributed by atoms with Crippen LogP contribution in [0.3, 0.4) is 0 Å². The van der Waals surface area contributed by atoms with E-state index in [1.54, 1.807) is 18.2 Å². The highest BCUT2D eigenvalue weighted by Crippen LogP contribution is 2.19. The van der Waals surface area contributed by atoms with Gasteiger partial charge in [-0.2, -0.15) is 0 Å². The molecule has 1 heterocycles. The molecule has 0 saturated carbocycles. The highest BCUT2D eigenvalue weighted by Gasteiger charge is 2.18. The third-order valence-corrected chi connectivity index (χ3v) is 3.51. The average Bonchev–Trinajstić information content (AvgIpc) is 2.33. The molecule has 1 fully saturated rings. The molecule has 5 heteroatoms. The van der Waals surface area contributed by atoms with Crippen LogP contribution in [0.4, 0.5) is 0 Å². The molecule has 1 aromatic rings. The third kappa shape index (κ3) is 3.32. The number of hydrogen-bond donors (Lipinski definition) is 3. The smallest absolute Gasteiger partial charge is 0.255 e. The monoisotopic (exact) mass is 346 g/mol. The van der Waals surface area contributed by atoms with Gasteiger partial charge in [0.15, 0.2) is 0 Å². The number of benzene rings is 1. The van der Waals surface area contributed by atoms with Gasteiger partial charge < -0.3 is 15.7 Å². The van der Waals surface area contributed by atoms with E-state index < -0.39 is 0 Å². The predicted molar refractivity (Wildman–Crippen MR) is 74.2 cm³/mol. The van der Waals surface area contributed by atoms with Crippen molar-refractivity contribution in [1.82, 2.24) is 10.6 Å². The van der Waals surface area contributed by atoms with Crippen molar-refractivity contribution in [3.05, 3.63) is 27.3 Å². The van der Waals surface area contributed by atoms with Crippen LogP contribution in [-0.2, 0) is 0 Å². The van der Waals surface area contributed by atoms with E-state index in [0.29, 0.717) is 5.56 Å². The Labute approximate surface area is 114 Å². The summed E-state index contributed by atoms with van der Waals surface area (Å²) in [4.78, 5) is 12.0. The molecule has 0 aromatic heterocycles. The Bertz CT molecular complexity index is 417. The first-order valence-corrected chi connectivity index (χ1v) is 6.75. The number of rotatable bonds is 2. The molecule has 1 amide bonds. The molecule has 1 aliphatic heterocycles. The van der Waals surface area contributed by atoms with E-state index in [1.807, 2.05) is 0 Å². The second-order valence-corrected chi connectivity index (χ2v) is 5.42. The van der Waals surface area contributed by atoms with E-state index in [4.69, 9.17) is 0 Å². The fourth-order valence-electron chi connectivity index (χ4n) is 1.93. The number of aromatic hydroxyl groups is 1. The second kappa shape index (κ2) is 5.68. The van der Waals surface area contributed by atoms with Gasteiger partial charge in [0.1, 0.15) is 5.75 Å². The maximum Gasteiger partial charge on any atom is 0.255 e. The number of carbonyl (C=O) groups excluding carboxylic acids is 1. The van der Waals surface area contributed by atoms with Crippen LogP contribution in [0.1, 0.15) is 23.2 Å². The van der Waals surface area contributed by atoms with E-state index in [9.17, 15) is 9.90 Å². The summed E-state index contributed by atoms with van der Waals surface area (Å²) in [7, 11) is 0. The summed E-state index contributed by atoms with van der Waals surface area (Å²) < 4.78 is 0.937. The van der Waals surface area contributed by atoms with E-state index in [1.165, 1.54) is 0 Å². The quantitative estimate of drug-likeness (QED) is 0.711. The summed E-state index contributed by atoms with van der Waals surface area (Å²) in [6, 6.07) is 5.18. The Morgan fingerprint density at radius 2 is 2.35 bits per heavy atom. The molecule has 1 aromatic carbocycles. The maximum absolute atomic E-state index is 12.0. The topological polar surface area (TPSA) is 61.4 Å². The van der Waals surface area contributed by atoms with Crippen LogP contribution in [0.25, 0.3) is 0 Å². The first-order valence-electron chi connectivity index (χ1n) is 5.67. The minimum absolute atomic E-state index is 0.0340.